The maximum atomic E-state index is 12.9. The number of aromatic nitrogens is 2. The fourth-order valence-corrected chi connectivity index (χ4v) is 5.82. The molecule has 2 aromatic heterocycles. The average Bonchev–Trinajstić information content (AvgIpc) is 3.26. The molecule has 0 aliphatic carbocycles. The number of thioether (sulfide) groups is 2. The van der Waals surface area contributed by atoms with Crippen LogP contribution in [0.2, 0.25) is 0 Å². The van der Waals surface area contributed by atoms with Gasteiger partial charge in [-0.25, -0.2) is 9.78 Å². The predicted molar refractivity (Wildman–Crippen MR) is 129 cm³/mol. The highest BCUT2D eigenvalue weighted by Gasteiger charge is 2.54. The van der Waals surface area contributed by atoms with Crippen molar-refractivity contribution in [2.24, 2.45) is 5.16 Å². The van der Waals surface area contributed by atoms with Gasteiger partial charge in [0.25, 0.3) is 11.8 Å². The van der Waals surface area contributed by atoms with Gasteiger partial charge >= 0.3 is 5.97 Å². The smallest absolute Gasteiger partial charge is 0.352 e. The molecule has 1 unspecified atom stereocenters. The number of carbonyl (C=O) groups excluding carboxylic acids is 2. The molecule has 0 aromatic carbocycles. The summed E-state index contributed by atoms with van der Waals surface area (Å²) >= 11 is 3.88. The van der Waals surface area contributed by atoms with Crippen LogP contribution in [0.4, 0.5) is 5.13 Å². The molecule has 2 aliphatic rings. The van der Waals surface area contributed by atoms with Crippen molar-refractivity contribution in [1.82, 2.24) is 20.2 Å². The van der Waals surface area contributed by atoms with E-state index in [-0.39, 0.29) is 22.2 Å². The lowest BCUT2D eigenvalue weighted by molar-refractivity contribution is -0.150. The van der Waals surface area contributed by atoms with Crippen LogP contribution in [0.1, 0.15) is 5.69 Å². The number of rotatable bonds is 8. The molecule has 0 spiro atoms. The topological polar surface area (TPSA) is 160 Å². The van der Waals surface area contributed by atoms with Gasteiger partial charge in [-0.15, -0.1) is 23.1 Å². The van der Waals surface area contributed by atoms with Crippen LogP contribution in [0.5, 0.6) is 0 Å². The number of nitrogens with zero attached hydrogens (tertiary/aromatic N) is 4. The van der Waals surface area contributed by atoms with E-state index in [1.54, 1.807) is 35.3 Å². The van der Waals surface area contributed by atoms with Crippen molar-refractivity contribution in [1.29, 1.82) is 0 Å². The number of β-lactam (4-membered cyclic amide) rings is 1. The zero-order valence-electron chi connectivity index (χ0n) is 17.6. The maximum absolute atomic E-state index is 12.9. The number of carboxylic acid groups (broad SMARTS) is 1. The average molecular weight is 519 g/mol. The van der Waals surface area contributed by atoms with E-state index < -0.39 is 29.2 Å². The van der Waals surface area contributed by atoms with Crippen LogP contribution < -0.4 is 11.1 Å². The van der Waals surface area contributed by atoms with Crippen LogP contribution in [-0.4, -0.2) is 67.7 Å². The first-order chi connectivity index (χ1) is 16.4. The van der Waals surface area contributed by atoms with Crippen LogP contribution in [0, 0.1) is 0 Å². The second-order valence-electron chi connectivity index (χ2n) is 6.84. The lowest BCUT2D eigenvalue weighted by Crippen LogP contribution is -2.71. The number of anilines is 1. The third-order valence-corrected chi connectivity index (χ3v) is 7.52. The summed E-state index contributed by atoms with van der Waals surface area (Å²) in [6.45, 7) is 0. The van der Waals surface area contributed by atoms with Gasteiger partial charge in [-0.3, -0.25) is 19.5 Å². The number of nitrogen functional groups attached to an aromatic ring is 1. The lowest BCUT2D eigenvalue weighted by atomic mass is 10.0. The molecule has 0 radical (unpaired) electrons. The zero-order valence-corrected chi connectivity index (χ0v) is 20.0. The van der Waals surface area contributed by atoms with Gasteiger partial charge in [0.2, 0.25) is 0 Å². The van der Waals surface area contributed by atoms with Crippen LogP contribution in [0.3, 0.4) is 0 Å². The second kappa shape index (κ2) is 10.3. The van der Waals surface area contributed by atoms with E-state index in [2.05, 4.69) is 20.4 Å². The van der Waals surface area contributed by atoms with Crippen LogP contribution >= 0.6 is 34.9 Å². The van der Waals surface area contributed by atoms with Gasteiger partial charge in [0, 0.05) is 28.4 Å². The largest absolute Gasteiger partial charge is 0.477 e. The summed E-state index contributed by atoms with van der Waals surface area (Å²) in [5, 5.41) is 19.1. The normalized spacial score (nSPS) is 20.2. The van der Waals surface area contributed by atoms with Crippen molar-refractivity contribution >= 4 is 63.5 Å². The molecular weight excluding hydrogens is 500 g/mol. The van der Waals surface area contributed by atoms with Crippen molar-refractivity contribution in [3.8, 4) is 0 Å². The van der Waals surface area contributed by atoms with E-state index in [0.717, 1.165) is 16.2 Å². The molecule has 2 aromatic rings. The Bertz CT molecular complexity index is 1210. The molecule has 1 saturated heterocycles. The van der Waals surface area contributed by atoms with E-state index in [1.165, 1.54) is 35.5 Å². The maximum Gasteiger partial charge on any atom is 0.352 e. The zero-order chi connectivity index (χ0) is 24.2. The highest BCUT2D eigenvalue weighted by molar-refractivity contribution is 8.02. The van der Waals surface area contributed by atoms with Crippen molar-refractivity contribution in [3.05, 3.63) is 58.4 Å². The third-order valence-electron chi connectivity index (χ3n) is 4.76. The van der Waals surface area contributed by atoms with Crippen molar-refractivity contribution in [2.45, 2.75) is 16.3 Å². The van der Waals surface area contributed by atoms with Gasteiger partial charge < -0.3 is 21.0 Å². The summed E-state index contributed by atoms with van der Waals surface area (Å²) in [7, 11) is 1.28. The Balaban J connectivity index is 1.49. The number of amides is 2. The van der Waals surface area contributed by atoms with E-state index in [1.807, 2.05) is 6.07 Å². The first-order valence-electron chi connectivity index (χ1n) is 9.68. The Kier molecular flexibility index (Phi) is 7.19. The molecule has 4 N–H and O–H groups in total. The van der Waals surface area contributed by atoms with Gasteiger partial charge in [-0.1, -0.05) is 16.9 Å². The molecule has 176 valence electrons. The standard InChI is InChI=1S/C20H18N6O5S3/c1-31-25-13(12-9-34-20(21)23-12)16(27)24-14-17(28)26-15(19(29)30)10(8-33-18(14)26)4-6-32-11-3-2-5-22-7-11/h2-7,9,14,18H,8H2,1H3,(H2,21,23)(H,24,27)(H,29,30)/t14?,18-/m1/s1. The monoisotopic (exact) mass is 518 g/mol. The van der Waals surface area contributed by atoms with Crippen molar-refractivity contribution < 1.29 is 24.3 Å². The predicted octanol–water partition coefficient (Wildman–Crippen LogP) is 1.52. The van der Waals surface area contributed by atoms with E-state index in [0.29, 0.717) is 11.3 Å². The number of hydrogen-bond donors (Lipinski definition) is 3. The molecule has 1 fully saturated rings. The summed E-state index contributed by atoms with van der Waals surface area (Å²) in [5.41, 5.74) is 6.12. The minimum Gasteiger partial charge on any atom is -0.477 e. The number of nitrogens with two attached hydrogens (primary N) is 1. The molecule has 14 heteroatoms. The van der Waals surface area contributed by atoms with Crippen molar-refractivity contribution in [2.75, 3.05) is 18.6 Å². The number of nitrogens with one attached hydrogen (secondary N) is 1. The van der Waals surface area contributed by atoms with Crippen molar-refractivity contribution in [3.63, 3.8) is 0 Å². The fraction of sp³-hybridized carbons (Fsp3) is 0.200. The number of carboxylic acids is 1. The number of pyridine rings is 1. The highest BCUT2D eigenvalue weighted by Crippen LogP contribution is 2.41. The molecule has 4 rings (SSSR count). The Labute approximate surface area is 206 Å². The van der Waals surface area contributed by atoms with Gasteiger partial charge in [0.15, 0.2) is 10.8 Å². The number of aliphatic carboxylic acids is 1. The SMILES string of the molecule is CON=C(C(=O)NC1C(=O)N2C(C(=O)O)=C(C=CSc3cccnc3)CS[C@H]12)c1csc(N)n1. The molecule has 2 aliphatic heterocycles. The number of fused-ring (bicyclic) bond motifs is 1. The Morgan fingerprint density at radius 3 is 2.94 bits per heavy atom. The summed E-state index contributed by atoms with van der Waals surface area (Å²) in [6, 6.07) is 2.77. The van der Waals surface area contributed by atoms with Gasteiger partial charge in [-0.05, 0) is 29.2 Å². The molecule has 2 atom stereocenters. The number of allylic oxidation sites excluding steroid dienone is 1. The number of thiazole rings is 1. The number of hydrogen-bond acceptors (Lipinski definition) is 11. The second-order valence-corrected chi connectivity index (χ2v) is 9.82. The van der Waals surface area contributed by atoms with Crippen LogP contribution in [0.25, 0.3) is 0 Å². The summed E-state index contributed by atoms with van der Waals surface area (Å²) in [5.74, 6) is -2.06. The first kappa shape index (κ1) is 23.8. The number of oxime groups is 1. The van der Waals surface area contributed by atoms with Gasteiger partial charge in [0.1, 0.15) is 29.9 Å². The number of carbonyl (C=O) groups is 3. The van der Waals surface area contributed by atoms with Crippen LogP contribution in [0.15, 0.2) is 62.7 Å². The quantitative estimate of drug-likeness (QED) is 0.202. The van der Waals surface area contributed by atoms with Gasteiger partial charge in [0.05, 0.1) is 0 Å². The molecule has 4 heterocycles. The van der Waals surface area contributed by atoms with Gasteiger partial charge in [-0.2, -0.15) is 0 Å². The summed E-state index contributed by atoms with van der Waals surface area (Å²) in [6.07, 6.45) is 5.04. The van der Waals surface area contributed by atoms with E-state index in [4.69, 9.17) is 10.6 Å². The minimum atomic E-state index is -1.21. The lowest BCUT2D eigenvalue weighted by Gasteiger charge is -2.49. The molecule has 11 nitrogen and oxygen atoms in total. The molecule has 0 bridgehead atoms. The summed E-state index contributed by atoms with van der Waals surface area (Å²) < 4.78 is 0. The highest BCUT2D eigenvalue weighted by atomic mass is 32.2. The fourth-order valence-electron chi connectivity index (χ4n) is 3.28. The van der Waals surface area contributed by atoms with E-state index >= 15 is 0 Å². The molecule has 2 amide bonds. The minimum absolute atomic E-state index is 0.0969. The Morgan fingerprint density at radius 1 is 1.47 bits per heavy atom. The summed E-state index contributed by atoms with van der Waals surface area (Å²) in [4.78, 5) is 52.5. The molecule has 34 heavy (non-hydrogen) atoms. The van der Waals surface area contributed by atoms with Crippen LogP contribution in [-0.2, 0) is 19.2 Å². The Morgan fingerprint density at radius 2 is 2.29 bits per heavy atom. The first-order valence-corrected chi connectivity index (χ1v) is 12.5. The third kappa shape index (κ3) is 4.78. The van der Waals surface area contributed by atoms with E-state index in [9.17, 15) is 19.5 Å². The Hall–Kier alpha value is -3.36. The molecular formula is C20H18N6O5S3. The molecule has 0 saturated carbocycles.